The maximum atomic E-state index is 4.97. The highest BCUT2D eigenvalue weighted by Crippen LogP contribution is 2.28. The summed E-state index contributed by atoms with van der Waals surface area (Å²) in [6.45, 7) is 7.53. The Morgan fingerprint density at radius 3 is 2.72 bits per heavy atom. The van der Waals surface area contributed by atoms with E-state index < -0.39 is 0 Å². The lowest BCUT2D eigenvalue weighted by atomic mass is 10.0. The summed E-state index contributed by atoms with van der Waals surface area (Å²) >= 11 is 0. The largest absolute Gasteiger partial charge is 0.338 e. The maximum Gasteiger partial charge on any atom is 0.228 e. The van der Waals surface area contributed by atoms with Crippen LogP contribution in [0, 0.1) is 0 Å². The molecule has 0 radical (unpaired) electrons. The van der Waals surface area contributed by atoms with Gasteiger partial charge in [0.2, 0.25) is 5.95 Å². The van der Waals surface area contributed by atoms with Gasteiger partial charge >= 0.3 is 0 Å². The Morgan fingerprint density at radius 2 is 1.86 bits per heavy atom. The van der Waals surface area contributed by atoms with Crippen molar-refractivity contribution >= 4 is 17.0 Å². The number of hydrogen-bond acceptors (Lipinski definition) is 6. The summed E-state index contributed by atoms with van der Waals surface area (Å²) in [5.41, 5.74) is 4.30. The van der Waals surface area contributed by atoms with E-state index in [1.807, 2.05) is 6.20 Å². The second kappa shape index (κ2) is 8.47. The van der Waals surface area contributed by atoms with Gasteiger partial charge in [0.15, 0.2) is 5.65 Å². The van der Waals surface area contributed by atoms with Crippen LogP contribution in [-0.2, 0) is 6.42 Å². The van der Waals surface area contributed by atoms with E-state index in [0.717, 1.165) is 60.8 Å². The van der Waals surface area contributed by atoms with E-state index in [4.69, 9.17) is 9.97 Å². The maximum absolute atomic E-state index is 4.97. The minimum absolute atomic E-state index is 0.790. The molecule has 2 aromatic heterocycles. The van der Waals surface area contributed by atoms with Crippen LogP contribution in [-0.4, -0.2) is 70.9 Å². The van der Waals surface area contributed by atoms with Crippen LogP contribution in [0.4, 0.5) is 5.95 Å². The van der Waals surface area contributed by atoms with Crippen molar-refractivity contribution in [1.82, 2.24) is 30.4 Å². The first-order valence-corrected chi connectivity index (χ1v) is 10.9. The first kappa shape index (κ1) is 18.5. The highest BCUT2D eigenvalue weighted by Gasteiger charge is 2.18. The molecule has 0 unspecified atom stereocenters. The highest BCUT2D eigenvalue weighted by atomic mass is 15.3. The van der Waals surface area contributed by atoms with E-state index in [1.54, 1.807) is 0 Å². The van der Waals surface area contributed by atoms with Crippen molar-refractivity contribution in [2.24, 2.45) is 0 Å². The molecule has 7 nitrogen and oxygen atoms in total. The number of rotatable bonds is 6. The van der Waals surface area contributed by atoms with Crippen molar-refractivity contribution in [3.8, 4) is 11.3 Å². The molecule has 3 aromatic rings. The van der Waals surface area contributed by atoms with E-state index in [9.17, 15) is 0 Å². The zero-order chi connectivity index (χ0) is 19.5. The number of aromatic nitrogens is 4. The quantitative estimate of drug-likeness (QED) is 0.673. The van der Waals surface area contributed by atoms with Crippen LogP contribution < -0.4 is 10.2 Å². The molecule has 2 fully saturated rings. The number of likely N-dealkylation sites (tertiary alicyclic amines) is 1. The Balaban J connectivity index is 1.39. The summed E-state index contributed by atoms with van der Waals surface area (Å²) in [5, 5.41) is 11.6. The number of nitrogens with one attached hydrogen (secondary N) is 2. The van der Waals surface area contributed by atoms with Gasteiger partial charge in [-0.2, -0.15) is 10.1 Å². The lowest BCUT2D eigenvalue weighted by Crippen LogP contribution is -2.44. The summed E-state index contributed by atoms with van der Waals surface area (Å²) in [5.74, 6) is 0.790. The summed E-state index contributed by atoms with van der Waals surface area (Å²) in [7, 11) is 0. The van der Waals surface area contributed by atoms with Crippen LogP contribution in [0.2, 0.25) is 0 Å². The smallest absolute Gasteiger partial charge is 0.228 e. The first-order chi connectivity index (χ1) is 14.4. The molecule has 2 aliphatic rings. The number of aromatic amines is 1. The summed E-state index contributed by atoms with van der Waals surface area (Å²) < 4.78 is 0. The lowest BCUT2D eigenvalue weighted by Gasteiger charge is -2.27. The Kier molecular flexibility index (Phi) is 5.41. The van der Waals surface area contributed by atoms with Crippen molar-refractivity contribution in [2.75, 3.05) is 50.7 Å². The average molecular weight is 392 g/mol. The van der Waals surface area contributed by atoms with Crippen LogP contribution in [0.5, 0.6) is 0 Å². The van der Waals surface area contributed by atoms with Crippen LogP contribution in [0.3, 0.4) is 0 Å². The molecule has 0 aliphatic carbocycles. The SMILES string of the molecule is c1cc(CCCN2CCCC2)cc(-c2nc(N3CCNCC3)nc3[nH]ncc23)c1. The third kappa shape index (κ3) is 4.11. The van der Waals surface area contributed by atoms with Gasteiger partial charge in [-0.05, 0) is 56.9 Å². The second-order valence-electron chi connectivity index (χ2n) is 8.09. The minimum atomic E-state index is 0.790. The van der Waals surface area contributed by atoms with Crippen LogP contribution >= 0.6 is 0 Å². The van der Waals surface area contributed by atoms with Gasteiger partial charge in [-0.3, -0.25) is 5.10 Å². The molecule has 0 amide bonds. The van der Waals surface area contributed by atoms with Crippen molar-refractivity contribution in [3.05, 3.63) is 36.0 Å². The second-order valence-corrected chi connectivity index (χ2v) is 8.09. The zero-order valence-electron chi connectivity index (χ0n) is 16.9. The number of H-pyrrole nitrogens is 1. The monoisotopic (exact) mass is 391 g/mol. The molecule has 4 heterocycles. The normalized spacial score (nSPS) is 18.0. The van der Waals surface area contributed by atoms with Gasteiger partial charge in [-0.15, -0.1) is 0 Å². The molecule has 29 heavy (non-hydrogen) atoms. The molecule has 2 saturated heterocycles. The van der Waals surface area contributed by atoms with Crippen molar-refractivity contribution in [2.45, 2.75) is 25.7 Å². The molecule has 152 valence electrons. The van der Waals surface area contributed by atoms with E-state index in [1.165, 1.54) is 44.5 Å². The van der Waals surface area contributed by atoms with Crippen molar-refractivity contribution in [3.63, 3.8) is 0 Å². The zero-order valence-corrected chi connectivity index (χ0v) is 16.9. The van der Waals surface area contributed by atoms with Gasteiger partial charge in [0, 0.05) is 31.7 Å². The molecule has 0 spiro atoms. The molecule has 7 heteroatoms. The van der Waals surface area contributed by atoms with Gasteiger partial charge in [0.25, 0.3) is 0 Å². The van der Waals surface area contributed by atoms with Crippen LogP contribution in [0.15, 0.2) is 30.5 Å². The average Bonchev–Trinajstić information content (AvgIpc) is 3.46. The predicted octanol–water partition coefficient (Wildman–Crippen LogP) is 2.46. The molecule has 2 N–H and O–H groups in total. The third-order valence-corrected chi connectivity index (χ3v) is 6.04. The Morgan fingerprint density at radius 1 is 1.00 bits per heavy atom. The van der Waals surface area contributed by atoms with Gasteiger partial charge in [-0.1, -0.05) is 18.2 Å². The molecule has 0 atom stereocenters. The van der Waals surface area contributed by atoms with Gasteiger partial charge in [0.1, 0.15) is 0 Å². The lowest BCUT2D eigenvalue weighted by molar-refractivity contribution is 0.334. The molecule has 0 bridgehead atoms. The predicted molar refractivity (Wildman–Crippen MR) is 116 cm³/mol. The Labute approximate surface area is 171 Å². The van der Waals surface area contributed by atoms with E-state index in [-0.39, 0.29) is 0 Å². The van der Waals surface area contributed by atoms with Crippen LogP contribution in [0.1, 0.15) is 24.8 Å². The van der Waals surface area contributed by atoms with E-state index in [0.29, 0.717) is 0 Å². The standard InChI is InChI=1S/C22H29N7/c1-2-11-28(10-1)12-4-6-17-5-3-7-18(15-17)20-19-16-24-27-21(19)26-22(25-20)29-13-8-23-9-14-29/h3,5,7,15-16,23H,1-2,4,6,8-14H2,(H,24,25,26,27). The molecule has 0 saturated carbocycles. The Bertz CT molecular complexity index is 955. The number of anilines is 1. The molecule has 5 rings (SSSR count). The molecule has 1 aromatic carbocycles. The topological polar surface area (TPSA) is 73.0 Å². The number of aryl methyl sites for hydroxylation is 1. The van der Waals surface area contributed by atoms with E-state index in [2.05, 4.69) is 49.6 Å². The third-order valence-electron chi connectivity index (χ3n) is 6.04. The van der Waals surface area contributed by atoms with E-state index >= 15 is 0 Å². The summed E-state index contributed by atoms with van der Waals surface area (Å²) in [6.07, 6.45) is 6.87. The number of hydrogen-bond donors (Lipinski definition) is 2. The van der Waals surface area contributed by atoms with Gasteiger partial charge < -0.3 is 15.1 Å². The molecular formula is C22H29N7. The minimum Gasteiger partial charge on any atom is -0.338 e. The van der Waals surface area contributed by atoms with Crippen molar-refractivity contribution < 1.29 is 0 Å². The van der Waals surface area contributed by atoms with Gasteiger partial charge in [0.05, 0.1) is 17.3 Å². The molecule has 2 aliphatic heterocycles. The number of piperazine rings is 1. The fourth-order valence-electron chi connectivity index (χ4n) is 4.44. The first-order valence-electron chi connectivity index (χ1n) is 10.9. The highest BCUT2D eigenvalue weighted by molar-refractivity contribution is 5.90. The van der Waals surface area contributed by atoms with Crippen molar-refractivity contribution in [1.29, 1.82) is 0 Å². The fourth-order valence-corrected chi connectivity index (χ4v) is 4.44. The molecular weight excluding hydrogens is 362 g/mol. The number of nitrogens with zero attached hydrogens (tertiary/aromatic N) is 5. The fraction of sp³-hybridized carbons (Fsp3) is 0.500. The number of benzene rings is 1. The Hall–Kier alpha value is -2.51. The summed E-state index contributed by atoms with van der Waals surface area (Å²) in [4.78, 5) is 14.5. The van der Waals surface area contributed by atoms with Gasteiger partial charge in [-0.25, -0.2) is 4.98 Å². The summed E-state index contributed by atoms with van der Waals surface area (Å²) in [6, 6.07) is 8.83. The van der Waals surface area contributed by atoms with Crippen LogP contribution in [0.25, 0.3) is 22.3 Å². The number of fused-ring (bicyclic) bond motifs is 1.